The van der Waals surface area contributed by atoms with Gasteiger partial charge < -0.3 is 9.80 Å². The third-order valence-corrected chi connectivity index (χ3v) is 8.30. The molecule has 1 aromatic carbocycles. The molecule has 2 aromatic heterocycles. The number of piperazine rings is 1. The molecule has 2 aliphatic heterocycles. The van der Waals surface area contributed by atoms with Crippen molar-refractivity contribution in [1.29, 1.82) is 0 Å². The summed E-state index contributed by atoms with van der Waals surface area (Å²) in [6.45, 7) is 8.14. The number of hydrogen-bond donors (Lipinski definition) is 0. The molecule has 2 aliphatic rings. The summed E-state index contributed by atoms with van der Waals surface area (Å²) in [4.78, 5) is 38.0. The molecule has 2 fully saturated rings. The van der Waals surface area contributed by atoms with Gasteiger partial charge in [-0.25, -0.2) is 9.37 Å². The number of nitrogens with zero attached hydrogens (tertiary/aromatic N) is 5. The third-order valence-electron chi connectivity index (χ3n) is 6.97. The molecule has 10 heteroatoms. The number of aryl methyl sites for hydroxylation is 1. The molecule has 37 heavy (non-hydrogen) atoms. The SMILES string of the molecule is CCC(C)N1C(=O)C(=Cc2c(N3CCN(c4ccccc4F)CC3)nc3c(C)cccn3c2=O)SC1=S. The van der Waals surface area contributed by atoms with E-state index in [-0.39, 0.29) is 23.3 Å². The Bertz CT molecular complexity index is 1480. The number of halogens is 1. The number of benzene rings is 1. The van der Waals surface area contributed by atoms with Gasteiger partial charge in [0.25, 0.3) is 11.5 Å². The molecule has 1 amide bonds. The van der Waals surface area contributed by atoms with Gasteiger partial charge in [-0.15, -0.1) is 0 Å². The van der Waals surface area contributed by atoms with E-state index in [1.165, 1.54) is 22.2 Å². The van der Waals surface area contributed by atoms with E-state index in [0.717, 1.165) is 12.0 Å². The number of anilines is 2. The van der Waals surface area contributed by atoms with Crippen LogP contribution < -0.4 is 15.4 Å². The highest BCUT2D eigenvalue weighted by Crippen LogP contribution is 2.35. The summed E-state index contributed by atoms with van der Waals surface area (Å²) in [6, 6.07) is 10.4. The molecule has 4 heterocycles. The van der Waals surface area contributed by atoms with E-state index in [9.17, 15) is 14.0 Å². The third kappa shape index (κ3) is 4.64. The van der Waals surface area contributed by atoms with Crippen molar-refractivity contribution in [3.05, 3.63) is 74.8 Å². The first-order chi connectivity index (χ1) is 17.8. The fraction of sp³-hybridized carbons (Fsp3) is 0.333. The average Bonchev–Trinajstić information content (AvgIpc) is 3.18. The lowest BCUT2D eigenvalue weighted by molar-refractivity contribution is -0.123. The number of rotatable bonds is 5. The summed E-state index contributed by atoms with van der Waals surface area (Å²) in [6.07, 6.45) is 4.11. The van der Waals surface area contributed by atoms with Crippen LogP contribution in [0.4, 0.5) is 15.9 Å². The topological polar surface area (TPSA) is 61.2 Å². The molecule has 0 N–H and O–H groups in total. The van der Waals surface area contributed by atoms with Crippen LogP contribution in [0.5, 0.6) is 0 Å². The lowest BCUT2D eigenvalue weighted by atomic mass is 10.1. The van der Waals surface area contributed by atoms with Gasteiger partial charge in [0.15, 0.2) is 0 Å². The molecule has 0 bridgehead atoms. The Kier molecular flexibility index (Phi) is 7.04. The number of hydrogen-bond acceptors (Lipinski definition) is 7. The predicted octanol–water partition coefficient (Wildman–Crippen LogP) is 4.47. The first-order valence-corrected chi connectivity index (χ1v) is 13.6. The molecule has 2 saturated heterocycles. The molecule has 7 nitrogen and oxygen atoms in total. The van der Waals surface area contributed by atoms with Gasteiger partial charge in [-0.2, -0.15) is 0 Å². The van der Waals surface area contributed by atoms with Crippen molar-refractivity contribution in [2.24, 2.45) is 0 Å². The Balaban J connectivity index is 1.55. The Morgan fingerprint density at radius 2 is 1.81 bits per heavy atom. The zero-order chi connectivity index (χ0) is 26.3. The average molecular weight is 538 g/mol. The smallest absolute Gasteiger partial charge is 0.267 e. The number of carbonyl (C=O) groups is 1. The second-order valence-corrected chi connectivity index (χ2v) is 10.9. The maximum atomic E-state index is 14.4. The molecule has 0 radical (unpaired) electrons. The second-order valence-electron chi connectivity index (χ2n) is 9.27. The van der Waals surface area contributed by atoms with E-state index >= 15 is 0 Å². The lowest BCUT2D eigenvalue weighted by Crippen LogP contribution is -2.47. The minimum atomic E-state index is -0.252. The van der Waals surface area contributed by atoms with Gasteiger partial charge in [-0.3, -0.25) is 18.9 Å². The number of fused-ring (bicyclic) bond motifs is 1. The van der Waals surface area contributed by atoms with E-state index in [4.69, 9.17) is 17.2 Å². The van der Waals surface area contributed by atoms with E-state index < -0.39 is 0 Å². The second kappa shape index (κ2) is 10.3. The van der Waals surface area contributed by atoms with E-state index in [0.29, 0.717) is 58.1 Å². The van der Waals surface area contributed by atoms with Gasteiger partial charge in [0.1, 0.15) is 21.6 Å². The molecule has 0 spiro atoms. The standard InChI is InChI=1S/C27H28FN5O2S2/c1-4-18(3)33-26(35)22(37-27(33)36)16-19-24(29-23-17(2)8-7-11-32(23)25(19)34)31-14-12-30(13-15-31)21-10-6-5-9-20(21)28/h5-11,16,18H,4,12-15H2,1-3H3. The van der Waals surface area contributed by atoms with Crippen LogP contribution in [0.2, 0.25) is 0 Å². The van der Waals surface area contributed by atoms with Crippen LogP contribution in [0.3, 0.4) is 0 Å². The van der Waals surface area contributed by atoms with Crippen molar-refractivity contribution in [3.63, 3.8) is 0 Å². The highest BCUT2D eigenvalue weighted by Gasteiger charge is 2.35. The number of amides is 1. The first kappa shape index (κ1) is 25.4. The number of pyridine rings is 1. The summed E-state index contributed by atoms with van der Waals surface area (Å²) in [5, 5.41) is 0. The summed E-state index contributed by atoms with van der Waals surface area (Å²) in [7, 11) is 0. The lowest BCUT2D eigenvalue weighted by Gasteiger charge is -2.37. The number of carbonyl (C=O) groups excluding carboxylic acids is 1. The van der Waals surface area contributed by atoms with E-state index in [1.54, 1.807) is 29.3 Å². The Hall–Kier alpha value is -3.24. The van der Waals surface area contributed by atoms with Gasteiger partial charge in [0.2, 0.25) is 0 Å². The number of thioether (sulfide) groups is 1. The quantitative estimate of drug-likeness (QED) is 0.352. The van der Waals surface area contributed by atoms with Crippen LogP contribution in [-0.4, -0.2) is 56.7 Å². The minimum Gasteiger partial charge on any atom is -0.366 e. The van der Waals surface area contributed by atoms with Crippen molar-refractivity contribution >= 4 is 57.4 Å². The zero-order valence-electron chi connectivity index (χ0n) is 21.0. The summed E-state index contributed by atoms with van der Waals surface area (Å²) >= 11 is 6.71. The van der Waals surface area contributed by atoms with Crippen molar-refractivity contribution in [2.75, 3.05) is 36.0 Å². The van der Waals surface area contributed by atoms with Crippen LogP contribution >= 0.6 is 24.0 Å². The molecule has 0 aliphatic carbocycles. The van der Waals surface area contributed by atoms with Crippen LogP contribution in [0.15, 0.2) is 52.3 Å². The fourth-order valence-electron chi connectivity index (χ4n) is 4.71. The Labute approximate surface area is 224 Å². The summed E-state index contributed by atoms with van der Waals surface area (Å²) in [5.74, 6) is 0.0902. The molecule has 3 aromatic rings. The number of thiocarbonyl (C=S) groups is 1. The molecular weight excluding hydrogens is 509 g/mol. The van der Waals surface area contributed by atoms with Crippen molar-refractivity contribution in [2.45, 2.75) is 33.2 Å². The van der Waals surface area contributed by atoms with Crippen LogP contribution in [0, 0.1) is 12.7 Å². The van der Waals surface area contributed by atoms with Crippen LogP contribution in [0.25, 0.3) is 11.7 Å². The Morgan fingerprint density at radius 3 is 2.51 bits per heavy atom. The van der Waals surface area contributed by atoms with Gasteiger partial charge >= 0.3 is 0 Å². The summed E-state index contributed by atoms with van der Waals surface area (Å²) < 4.78 is 16.4. The normalized spacial score (nSPS) is 18.4. The molecule has 192 valence electrons. The van der Waals surface area contributed by atoms with Crippen molar-refractivity contribution in [3.8, 4) is 0 Å². The monoisotopic (exact) mass is 537 g/mol. The van der Waals surface area contributed by atoms with Gasteiger partial charge in [0.05, 0.1) is 16.2 Å². The molecule has 1 atom stereocenters. The molecular formula is C27H28FN5O2S2. The zero-order valence-corrected chi connectivity index (χ0v) is 22.6. The number of para-hydroxylation sites is 1. The predicted molar refractivity (Wildman–Crippen MR) is 152 cm³/mol. The summed E-state index contributed by atoms with van der Waals surface area (Å²) in [5.41, 5.74) is 2.13. The molecule has 5 rings (SSSR count). The fourth-order valence-corrected chi connectivity index (χ4v) is 6.15. The minimum absolute atomic E-state index is 0.0252. The largest absolute Gasteiger partial charge is 0.366 e. The van der Waals surface area contributed by atoms with Gasteiger partial charge in [-0.1, -0.05) is 49.1 Å². The first-order valence-electron chi connectivity index (χ1n) is 12.3. The van der Waals surface area contributed by atoms with Crippen LogP contribution in [-0.2, 0) is 4.79 Å². The van der Waals surface area contributed by atoms with Crippen molar-refractivity contribution in [1.82, 2.24) is 14.3 Å². The van der Waals surface area contributed by atoms with Crippen molar-refractivity contribution < 1.29 is 9.18 Å². The van der Waals surface area contributed by atoms with Gasteiger partial charge in [0, 0.05) is 38.4 Å². The number of aromatic nitrogens is 2. The molecule has 0 saturated carbocycles. The highest BCUT2D eigenvalue weighted by molar-refractivity contribution is 8.26. The van der Waals surface area contributed by atoms with Gasteiger partial charge in [-0.05, 0) is 50.1 Å². The maximum absolute atomic E-state index is 14.4. The van der Waals surface area contributed by atoms with E-state index in [2.05, 4.69) is 0 Å². The molecule has 1 unspecified atom stereocenters. The maximum Gasteiger partial charge on any atom is 0.267 e. The Morgan fingerprint density at radius 1 is 1.11 bits per heavy atom. The van der Waals surface area contributed by atoms with Crippen LogP contribution in [0.1, 0.15) is 31.4 Å². The van der Waals surface area contributed by atoms with E-state index in [1.807, 2.05) is 48.8 Å². The highest BCUT2D eigenvalue weighted by atomic mass is 32.2.